The molecule has 0 radical (unpaired) electrons. The van der Waals surface area contributed by atoms with Crippen LogP contribution in [0.2, 0.25) is 0 Å². The summed E-state index contributed by atoms with van der Waals surface area (Å²) in [5.74, 6) is 0.240. The molecule has 1 aromatic carbocycles. The summed E-state index contributed by atoms with van der Waals surface area (Å²) < 4.78 is 0. The first-order chi connectivity index (χ1) is 8.99. The van der Waals surface area contributed by atoms with E-state index in [1.807, 2.05) is 6.92 Å². The maximum absolute atomic E-state index is 12.5. The monoisotopic (exact) mass is 261 g/mol. The molecule has 1 fully saturated rings. The Morgan fingerprint density at radius 1 is 1.42 bits per heavy atom. The number of amides is 1. The molecular formula is C15H19NO3. The molecular weight excluding hydrogens is 242 g/mol. The van der Waals surface area contributed by atoms with Gasteiger partial charge in [0.15, 0.2) is 0 Å². The molecule has 0 aliphatic carbocycles. The highest BCUT2D eigenvalue weighted by molar-refractivity contribution is 5.96. The molecule has 1 N–H and O–H groups in total. The van der Waals surface area contributed by atoms with Crippen molar-refractivity contribution in [3.63, 3.8) is 0 Å². The Morgan fingerprint density at radius 2 is 2.16 bits per heavy atom. The van der Waals surface area contributed by atoms with Gasteiger partial charge in [0.2, 0.25) is 0 Å². The molecule has 4 nitrogen and oxygen atoms in total. The number of carbonyl (C=O) groups excluding carboxylic acids is 2. The maximum Gasteiger partial charge on any atom is 0.254 e. The largest absolute Gasteiger partial charge is 0.508 e. The highest BCUT2D eigenvalue weighted by Gasteiger charge is 2.30. The van der Waals surface area contributed by atoms with E-state index in [0.717, 1.165) is 18.4 Å². The zero-order valence-electron chi connectivity index (χ0n) is 11.3. The number of phenolic OH excluding ortho intramolecular Hbond substituents is 1. The molecule has 1 atom stereocenters. The van der Waals surface area contributed by atoms with Gasteiger partial charge in [0, 0.05) is 24.6 Å². The summed E-state index contributed by atoms with van der Waals surface area (Å²) >= 11 is 0. The molecule has 19 heavy (non-hydrogen) atoms. The van der Waals surface area contributed by atoms with E-state index in [9.17, 15) is 14.7 Å². The second kappa shape index (κ2) is 5.43. The normalized spacial score (nSPS) is 18.6. The average Bonchev–Trinajstić information content (AvgIpc) is 2.75. The van der Waals surface area contributed by atoms with E-state index in [1.54, 1.807) is 24.0 Å². The Kier molecular flexibility index (Phi) is 3.88. The van der Waals surface area contributed by atoms with Crippen LogP contribution in [0, 0.1) is 6.92 Å². The van der Waals surface area contributed by atoms with Crippen molar-refractivity contribution in [3.8, 4) is 5.75 Å². The highest BCUT2D eigenvalue weighted by Crippen LogP contribution is 2.25. The van der Waals surface area contributed by atoms with Gasteiger partial charge in [-0.2, -0.15) is 0 Å². The summed E-state index contributed by atoms with van der Waals surface area (Å²) in [5.41, 5.74) is 1.37. The summed E-state index contributed by atoms with van der Waals surface area (Å²) in [7, 11) is 0. The van der Waals surface area contributed by atoms with E-state index < -0.39 is 0 Å². The quantitative estimate of drug-likeness (QED) is 0.908. The van der Waals surface area contributed by atoms with Crippen molar-refractivity contribution < 1.29 is 14.7 Å². The summed E-state index contributed by atoms with van der Waals surface area (Å²) in [5, 5.41) is 9.39. The lowest BCUT2D eigenvalue weighted by molar-refractivity contribution is -0.117. The molecule has 0 bridgehead atoms. The van der Waals surface area contributed by atoms with Gasteiger partial charge >= 0.3 is 0 Å². The summed E-state index contributed by atoms with van der Waals surface area (Å²) in [4.78, 5) is 25.5. The third-order valence-electron chi connectivity index (χ3n) is 3.60. The van der Waals surface area contributed by atoms with E-state index in [4.69, 9.17) is 0 Å². The van der Waals surface area contributed by atoms with Crippen LogP contribution in [0.1, 0.15) is 42.1 Å². The Balaban J connectivity index is 2.20. The Labute approximate surface area is 113 Å². The molecule has 0 spiro atoms. The molecule has 1 amide bonds. The van der Waals surface area contributed by atoms with E-state index in [2.05, 4.69) is 0 Å². The topological polar surface area (TPSA) is 57.6 Å². The number of hydrogen-bond donors (Lipinski definition) is 1. The lowest BCUT2D eigenvalue weighted by Gasteiger charge is -2.24. The number of ketones is 1. The van der Waals surface area contributed by atoms with Crippen LogP contribution in [0.5, 0.6) is 5.75 Å². The van der Waals surface area contributed by atoms with Gasteiger partial charge in [0.1, 0.15) is 11.5 Å². The first-order valence-electron chi connectivity index (χ1n) is 6.59. The van der Waals surface area contributed by atoms with Crippen molar-refractivity contribution >= 4 is 11.7 Å². The van der Waals surface area contributed by atoms with Gasteiger partial charge in [-0.3, -0.25) is 9.59 Å². The van der Waals surface area contributed by atoms with Crippen LogP contribution in [0.15, 0.2) is 18.2 Å². The summed E-state index contributed by atoms with van der Waals surface area (Å²) in [6, 6.07) is 4.79. The maximum atomic E-state index is 12.5. The number of hydrogen-bond acceptors (Lipinski definition) is 3. The third kappa shape index (κ3) is 2.95. The molecule has 4 heteroatoms. The minimum absolute atomic E-state index is 0.0261. The molecule has 1 aliphatic heterocycles. The van der Waals surface area contributed by atoms with Crippen LogP contribution in [-0.4, -0.2) is 34.3 Å². The van der Waals surface area contributed by atoms with Gasteiger partial charge in [-0.25, -0.2) is 0 Å². The van der Waals surface area contributed by atoms with Crippen LogP contribution in [-0.2, 0) is 4.79 Å². The molecule has 1 aromatic rings. The lowest BCUT2D eigenvalue weighted by Crippen LogP contribution is -2.36. The fourth-order valence-electron chi connectivity index (χ4n) is 2.69. The van der Waals surface area contributed by atoms with E-state index >= 15 is 0 Å². The number of aryl methyl sites for hydroxylation is 1. The van der Waals surface area contributed by atoms with E-state index in [-0.39, 0.29) is 23.5 Å². The number of carbonyl (C=O) groups is 2. The molecule has 1 aliphatic rings. The molecule has 1 saturated heterocycles. The van der Waals surface area contributed by atoms with Crippen LogP contribution >= 0.6 is 0 Å². The Bertz CT molecular complexity index is 510. The first-order valence-corrected chi connectivity index (χ1v) is 6.59. The standard InChI is InChI=1S/C15H19NO3/c1-10-8-13(18)5-6-14(10)15(19)16-7-3-4-12(16)9-11(2)17/h5-6,8,12,18H,3-4,7,9H2,1-2H3. The fourth-order valence-corrected chi connectivity index (χ4v) is 2.69. The highest BCUT2D eigenvalue weighted by atomic mass is 16.3. The molecule has 1 unspecified atom stereocenters. The minimum atomic E-state index is -0.0405. The van der Waals surface area contributed by atoms with Crippen LogP contribution in [0.4, 0.5) is 0 Å². The average molecular weight is 261 g/mol. The van der Waals surface area contributed by atoms with E-state index in [0.29, 0.717) is 18.5 Å². The number of Topliss-reactive ketones (excluding diaryl/α,β-unsaturated/α-hetero) is 1. The fraction of sp³-hybridized carbons (Fsp3) is 0.467. The zero-order valence-corrected chi connectivity index (χ0v) is 11.3. The number of phenols is 1. The van der Waals surface area contributed by atoms with Gasteiger partial charge in [-0.15, -0.1) is 0 Å². The van der Waals surface area contributed by atoms with Crippen molar-refractivity contribution in [3.05, 3.63) is 29.3 Å². The van der Waals surface area contributed by atoms with Crippen molar-refractivity contribution in [2.24, 2.45) is 0 Å². The molecule has 0 saturated carbocycles. The first kappa shape index (κ1) is 13.6. The summed E-state index contributed by atoms with van der Waals surface area (Å²) in [6.45, 7) is 4.08. The van der Waals surface area contributed by atoms with Gasteiger partial charge in [0.05, 0.1) is 0 Å². The second-order valence-electron chi connectivity index (χ2n) is 5.20. The van der Waals surface area contributed by atoms with Crippen LogP contribution in [0.25, 0.3) is 0 Å². The van der Waals surface area contributed by atoms with Gasteiger partial charge in [0.25, 0.3) is 5.91 Å². The van der Waals surface area contributed by atoms with Gasteiger partial charge in [-0.1, -0.05) is 0 Å². The van der Waals surface area contributed by atoms with Crippen LogP contribution < -0.4 is 0 Å². The smallest absolute Gasteiger partial charge is 0.254 e. The minimum Gasteiger partial charge on any atom is -0.508 e. The summed E-state index contributed by atoms with van der Waals surface area (Å²) in [6.07, 6.45) is 2.27. The Morgan fingerprint density at radius 3 is 2.79 bits per heavy atom. The van der Waals surface area contributed by atoms with Crippen molar-refractivity contribution in [1.29, 1.82) is 0 Å². The van der Waals surface area contributed by atoms with Crippen molar-refractivity contribution in [1.82, 2.24) is 4.90 Å². The van der Waals surface area contributed by atoms with E-state index in [1.165, 1.54) is 6.07 Å². The van der Waals surface area contributed by atoms with Crippen molar-refractivity contribution in [2.75, 3.05) is 6.54 Å². The third-order valence-corrected chi connectivity index (χ3v) is 3.60. The van der Waals surface area contributed by atoms with Crippen LogP contribution in [0.3, 0.4) is 0 Å². The molecule has 0 aromatic heterocycles. The van der Waals surface area contributed by atoms with Gasteiger partial charge < -0.3 is 10.0 Å². The SMILES string of the molecule is CC(=O)CC1CCCN1C(=O)c1ccc(O)cc1C. The number of nitrogens with zero attached hydrogens (tertiary/aromatic N) is 1. The Hall–Kier alpha value is -1.84. The molecule has 2 rings (SSSR count). The lowest BCUT2D eigenvalue weighted by atomic mass is 10.0. The molecule has 1 heterocycles. The molecule has 102 valence electrons. The number of likely N-dealkylation sites (tertiary alicyclic amines) is 1. The van der Waals surface area contributed by atoms with Gasteiger partial charge in [-0.05, 0) is 50.5 Å². The zero-order chi connectivity index (χ0) is 14.0. The second-order valence-corrected chi connectivity index (χ2v) is 5.20. The predicted octanol–water partition coefficient (Wildman–Crippen LogP) is 2.28. The number of aromatic hydroxyl groups is 1. The predicted molar refractivity (Wildman–Crippen MR) is 72.2 cm³/mol. The van der Waals surface area contributed by atoms with Crippen molar-refractivity contribution in [2.45, 2.75) is 39.2 Å². The number of rotatable bonds is 3. The number of benzene rings is 1.